The first-order valence-electron chi connectivity index (χ1n) is 7.36. The number of allylic oxidation sites excluding steroid dienone is 12. The van der Waals surface area contributed by atoms with E-state index in [9.17, 15) is 0 Å². The lowest BCUT2D eigenvalue weighted by Crippen LogP contribution is -2.19. The van der Waals surface area contributed by atoms with E-state index in [0.717, 1.165) is 17.1 Å². The molecule has 0 unspecified atom stereocenters. The summed E-state index contributed by atoms with van der Waals surface area (Å²) < 4.78 is 0. The molecule has 0 aromatic carbocycles. The Balaban J connectivity index is 6.05. The summed E-state index contributed by atoms with van der Waals surface area (Å²) in [5.74, 6) is 0. The molecule has 0 heterocycles. The average molecular weight is 293 g/mol. The lowest BCUT2D eigenvalue weighted by atomic mass is 10.2. The molecule has 1 heteroatoms. The van der Waals surface area contributed by atoms with Crippen LogP contribution >= 0.6 is 0 Å². The molecule has 0 radical (unpaired) electrons. The van der Waals surface area contributed by atoms with Crippen LogP contribution < -0.4 is 0 Å². The van der Waals surface area contributed by atoms with E-state index in [0.29, 0.717) is 0 Å². The van der Waals surface area contributed by atoms with Crippen LogP contribution in [0.3, 0.4) is 0 Å². The highest BCUT2D eigenvalue weighted by Crippen LogP contribution is 2.23. The van der Waals surface area contributed by atoms with E-state index in [4.69, 9.17) is 0 Å². The second-order valence-corrected chi connectivity index (χ2v) is 4.26. The SMILES string of the molecule is C=C/C=C\C(=C/C)N(C(/C=C\C=C)=C/C)C(/C=C\C=C)=C/C. The van der Waals surface area contributed by atoms with Gasteiger partial charge in [0.25, 0.3) is 0 Å². The minimum atomic E-state index is 1.06. The van der Waals surface area contributed by atoms with Gasteiger partial charge in [-0.3, -0.25) is 0 Å². The van der Waals surface area contributed by atoms with Crippen LogP contribution in [0.25, 0.3) is 0 Å². The second kappa shape index (κ2) is 12.2. The Morgan fingerprint density at radius 2 is 0.864 bits per heavy atom. The smallest absolute Gasteiger partial charge is 0.0418 e. The van der Waals surface area contributed by atoms with Gasteiger partial charge in [-0.1, -0.05) is 74.4 Å². The van der Waals surface area contributed by atoms with E-state index >= 15 is 0 Å². The van der Waals surface area contributed by atoms with Crippen LogP contribution in [-0.4, -0.2) is 4.90 Å². The lowest BCUT2D eigenvalue weighted by Gasteiger charge is -2.28. The van der Waals surface area contributed by atoms with Gasteiger partial charge in [0, 0.05) is 17.1 Å². The molecule has 0 aliphatic rings. The molecular formula is C21H27N. The lowest BCUT2D eigenvalue weighted by molar-refractivity contribution is 0.574. The molecule has 0 bridgehead atoms. The average Bonchev–Trinajstić information content (AvgIpc) is 2.55. The molecule has 0 aliphatic carbocycles. The molecule has 0 spiro atoms. The third-order valence-electron chi connectivity index (χ3n) is 2.87. The van der Waals surface area contributed by atoms with Gasteiger partial charge in [0.15, 0.2) is 0 Å². The molecule has 0 saturated heterocycles. The Morgan fingerprint density at radius 3 is 1.05 bits per heavy atom. The summed E-state index contributed by atoms with van der Waals surface area (Å²) in [5, 5.41) is 0. The summed E-state index contributed by atoms with van der Waals surface area (Å²) in [6.45, 7) is 17.3. The molecule has 0 aromatic rings. The molecule has 1 nitrogen and oxygen atoms in total. The van der Waals surface area contributed by atoms with Gasteiger partial charge < -0.3 is 4.90 Å². The van der Waals surface area contributed by atoms with Gasteiger partial charge in [0.2, 0.25) is 0 Å². The van der Waals surface area contributed by atoms with Gasteiger partial charge in [0.1, 0.15) is 0 Å². The zero-order valence-corrected chi connectivity index (χ0v) is 14.0. The van der Waals surface area contributed by atoms with Crippen molar-refractivity contribution in [3.63, 3.8) is 0 Å². The summed E-state index contributed by atoms with van der Waals surface area (Å²) >= 11 is 0. The Bertz CT molecular complexity index is 468. The number of hydrogen-bond acceptors (Lipinski definition) is 1. The number of nitrogens with zero attached hydrogens (tertiary/aromatic N) is 1. The molecular weight excluding hydrogens is 266 g/mol. The fourth-order valence-corrected chi connectivity index (χ4v) is 1.85. The van der Waals surface area contributed by atoms with Crippen LogP contribution in [0.4, 0.5) is 0 Å². The highest BCUT2D eigenvalue weighted by atomic mass is 15.2. The largest absolute Gasteiger partial charge is 0.312 e. The Hall–Kier alpha value is -2.54. The Morgan fingerprint density at radius 1 is 0.591 bits per heavy atom. The monoisotopic (exact) mass is 293 g/mol. The van der Waals surface area contributed by atoms with Crippen molar-refractivity contribution in [1.29, 1.82) is 0 Å². The van der Waals surface area contributed by atoms with E-state index in [1.165, 1.54) is 0 Å². The molecule has 0 atom stereocenters. The molecule has 0 N–H and O–H groups in total. The molecule has 22 heavy (non-hydrogen) atoms. The van der Waals surface area contributed by atoms with Gasteiger partial charge in [0.05, 0.1) is 0 Å². The Labute approximate surface area is 136 Å². The van der Waals surface area contributed by atoms with E-state index in [2.05, 4.69) is 42.9 Å². The van der Waals surface area contributed by atoms with Crippen LogP contribution in [-0.2, 0) is 0 Å². The van der Waals surface area contributed by atoms with Crippen molar-refractivity contribution in [1.82, 2.24) is 4.90 Å². The van der Waals surface area contributed by atoms with Crippen molar-refractivity contribution in [2.24, 2.45) is 0 Å². The van der Waals surface area contributed by atoms with Crippen molar-refractivity contribution in [3.8, 4) is 0 Å². The summed E-state index contributed by atoms with van der Waals surface area (Å²) in [6, 6.07) is 0. The Kier molecular flexibility index (Phi) is 10.8. The molecule has 0 fully saturated rings. The fourth-order valence-electron chi connectivity index (χ4n) is 1.85. The molecule has 0 amide bonds. The number of rotatable bonds is 9. The summed E-state index contributed by atoms with van der Waals surface area (Å²) in [6.07, 6.45) is 23.4. The summed E-state index contributed by atoms with van der Waals surface area (Å²) in [4.78, 5) is 2.17. The minimum absolute atomic E-state index is 1.06. The first-order valence-corrected chi connectivity index (χ1v) is 7.36. The summed E-state index contributed by atoms with van der Waals surface area (Å²) in [7, 11) is 0. The van der Waals surface area contributed by atoms with Gasteiger partial charge in [-0.05, 0) is 39.0 Å². The zero-order valence-electron chi connectivity index (χ0n) is 14.0. The maximum absolute atomic E-state index is 3.74. The fraction of sp³-hybridized carbons (Fsp3) is 0.143. The maximum atomic E-state index is 3.74. The molecule has 116 valence electrons. The zero-order chi connectivity index (χ0) is 16.8. The van der Waals surface area contributed by atoms with Crippen molar-refractivity contribution >= 4 is 0 Å². The molecule has 0 aliphatic heterocycles. The van der Waals surface area contributed by atoms with Crippen molar-refractivity contribution in [2.45, 2.75) is 20.8 Å². The second-order valence-electron chi connectivity index (χ2n) is 4.26. The van der Waals surface area contributed by atoms with E-state index in [1.54, 1.807) is 18.2 Å². The minimum Gasteiger partial charge on any atom is -0.312 e. The van der Waals surface area contributed by atoms with E-state index in [-0.39, 0.29) is 0 Å². The number of hydrogen-bond donors (Lipinski definition) is 0. The quantitative estimate of drug-likeness (QED) is 0.456. The van der Waals surface area contributed by atoms with E-state index < -0.39 is 0 Å². The molecule has 0 aromatic heterocycles. The highest BCUT2D eigenvalue weighted by Gasteiger charge is 2.12. The van der Waals surface area contributed by atoms with Crippen LogP contribution in [0.2, 0.25) is 0 Å². The standard InChI is InChI=1S/C21H27N/c1-7-13-16-19(10-4)22(20(11-5)17-14-8-2)21(12-6)18-15-9-3/h7-18H,1-3H2,4-6H3/b16-13-,17-14-,18-15-,19-10+,20-11+,21-12+. The van der Waals surface area contributed by atoms with Crippen LogP contribution in [0, 0.1) is 0 Å². The highest BCUT2D eigenvalue weighted by molar-refractivity contribution is 5.39. The van der Waals surface area contributed by atoms with Gasteiger partial charge in [-0.25, -0.2) is 0 Å². The maximum Gasteiger partial charge on any atom is 0.0418 e. The van der Waals surface area contributed by atoms with Gasteiger partial charge >= 0.3 is 0 Å². The van der Waals surface area contributed by atoms with Gasteiger partial charge in [-0.2, -0.15) is 0 Å². The van der Waals surface area contributed by atoms with Crippen LogP contribution in [0.15, 0.2) is 110 Å². The van der Waals surface area contributed by atoms with Crippen molar-refractivity contribution in [2.75, 3.05) is 0 Å². The topological polar surface area (TPSA) is 3.24 Å². The van der Waals surface area contributed by atoms with Crippen molar-refractivity contribution in [3.05, 3.63) is 110 Å². The van der Waals surface area contributed by atoms with Gasteiger partial charge in [-0.15, -0.1) is 0 Å². The first kappa shape index (κ1) is 19.5. The normalized spacial score (nSPS) is 14.0. The predicted octanol–water partition coefficient (Wildman–Crippen LogP) is 6.23. The third-order valence-corrected chi connectivity index (χ3v) is 2.87. The third kappa shape index (κ3) is 6.27. The molecule has 0 rings (SSSR count). The van der Waals surface area contributed by atoms with E-state index in [1.807, 2.05) is 57.2 Å². The predicted molar refractivity (Wildman–Crippen MR) is 101 cm³/mol. The summed E-state index contributed by atoms with van der Waals surface area (Å²) in [5.41, 5.74) is 3.18. The van der Waals surface area contributed by atoms with Crippen molar-refractivity contribution < 1.29 is 0 Å². The molecule has 0 saturated carbocycles. The van der Waals surface area contributed by atoms with Crippen LogP contribution in [0.5, 0.6) is 0 Å². The first-order chi connectivity index (χ1) is 10.7. The van der Waals surface area contributed by atoms with Crippen LogP contribution in [0.1, 0.15) is 20.8 Å².